The fourth-order valence-electron chi connectivity index (χ4n) is 1.76. The lowest BCUT2D eigenvalue weighted by Crippen LogP contribution is -2.17. The van der Waals surface area contributed by atoms with Crippen molar-refractivity contribution in [3.63, 3.8) is 0 Å². The summed E-state index contributed by atoms with van der Waals surface area (Å²) in [4.78, 5) is 0. The summed E-state index contributed by atoms with van der Waals surface area (Å²) < 4.78 is 41.3. The van der Waals surface area contributed by atoms with Crippen molar-refractivity contribution < 1.29 is 17.9 Å². The van der Waals surface area contributed by atoms with E-state index in [1.807, 2.05) is 32.0 Å². The van der Waals surface area contributed by atoms with Crippen molar-refractivity contribution in [2.45, 2.75) is 38.9 Å². The molecule has 0 spiro atoms. The molecule has 1 N–H and O–H groups in total. The summed E-state index contributed by atoms with van der Waals surface area (Å²) >= 11 is 0. The summed E-state index contributed by atoms with van der Waals surface area (Å²) in [6.45, 7) is 5.00. The topological polar surface area (TPSA) is 21.3 Å². The van der Waals surface area contributed by atoms with Crippen molar-refractivity contribution in [3.8, 4) is 5.75 Å². The van der Waals surface area contributed by atoms with Gasteiger partial charge in [-0.2, -0.15) is 13.2 Å². The number of benzene rings is 1. The second-order valence-corrected chi connectivity index (χ2v) is 4.42. The predicted octanol–water partition coefficient (Wildman–Crippen LogP) is 4.08. The second-order valence-electron chi connectivity index (χ2n) is 4.42. The molecule has 0 bridgehead atoms. The van der Waals surface area contributed by atoms with Crippen LogP contribution in [0.3, 0.4) is 0 Å². The number of nitrogens with one attached hydrogen (secondary N) is 1. The Morgan fingerprint density at radius 2 is 2.05 bits per heavy atom. The maximum atomic E-state index is 12.0. The van der Waals surface area contributed by atoms with Gasteiger partial charge in [-0.3, -0.25) is 0 Å². The summed E-state index contributed by atoms with van der Waals surface area (Å²) in [7, 11) is 0. The monoisotopic (exact) mass is 275 g/mol. The minimum atomic E-state index is -4.11. The first kappa shape index (κ1) is 15.8. The van der Waals surface area contributed by atoms with Crippen LogP contribution in [0.2, 0.25) is 0 Å². The lowest BCUT2D eigenvalue weighted by Gasteiger charge is -2.14. The Labute approximate surface area is 112 Å². The van der Waals surface area contributed by atoms with Crippen LogP contribution in [0.15, 0.2) is 24.3 Å². The van der Waals surface area contributed by atoms with Crippen LogP contribution in [-0.4, -0.2) is 19.3 Å². The summed E-state index contributed by atoms with van der Waals surface area (Å²) in [5.41, 5.74) is 1.06. The van der Waals surface area contributed by atoms with Crippen LogP contribution >= 0.6 is 0 Å². The summed E-state index contributed by atoms with van der Waals surface area (Å²) in [6, 6.07) is 7.64. The van der Waals surface area contributed by atoms with Crippen LogP contribution in [0.1, 0.15) is 38.3 Å². The van der Waals surface area contributed by atoms with E-state index >= 15 is 0 Å². The van der Waals surface area contributed by atoms with E-state index in [4.69, 9.17) is 4.74 Å². The number of ether oxygens (including phenoxy) is 1. The third kappa shape index (κ3) is 6.47. The van der Waals surface area contributed by atoms with Crippen LogP contribution < -0.4 is 10.1 Å². The van der Waals surface area contributed by atoms with Gasteiger partial charge in [-0.25, -0.2) is 0 Å². The number of halogens is 3. The Balaban J connectivity index is 2.44. The van der Waals surface area contributed by atoms with Gasteiger partial charge in [0.25, 0.3) is 0 Å². The maximum absolute atomic E-state index is 12.0. The van der Waals surface area contributed by atoms with Crippen molar-refractivity contribution >= 4 is 0 Å². The highest BCUT2D eigenvalue weighted by Crippen LogP contribution is 2.22. The van der Waals surface area contributed by atoms with Crippen LogP contribution in [0, 0.1) is 0 Å². The first-order valence-corrected chi connectivity index (χ1v) is 6.45. The molecule has 5 heteroatoms. The van der Waals surface area contributed by atoms with Gasteiger partial charge in [-0.05, 0) is 37.6 Å². The lowest BCUT2D eigenvalue weighted by molar-refractivity contribution is -0.136. The fraction of sp³-hybridized carbons (Fsp3) is 0.571. The first-order valence-electron chi connectivity index (χ1n) is 6.45. The molecule has 1 rings (SSSR count). The van der Waals surface area contributed by atoms with Gasteiger partial charge in [-0.1, -0.05) is 19.1 Å². The van der Waals surface area contributed by atoms with Gasteiger partial charge in [0.05, 0.1) is 6.61 Å². The first-order chi connectivity index (χ1) is 8.92. The Bertz CT molecular complexity index is 379. The highest BCUT2D eigenvalue weighted by Gasteiger charge is 2.26. The molecule has 0 saturated heterocycles. The zero-order valence-electron chi connectivity index (χ0n) is 11.3. The highest BCUT2D eigenvalue weighted by molar-refractivity contribution is 5.30. The number of hydrogen-bond donors (Lipinski definition) is 1. The van der Waals surface area contributed by atoms with Crippen LogP contribution in [-0.2, 0) is 0 Å². The molecule has 108 valence electrons. The van der Waals surface area contributed by atoms with Crippen molar-refractivity contribution in [1.82, 2.24) is 5.32 Å². The Morgan fingerprint density at radius 3 is 2.68 bits per heavy atom. The average molecular weight is 275 g/mol. The van der Waals surface area contributed by atoms with E-state index < -0.39 is 12.6 Å². The molecule has 0 fully saturated rings. The van der Waals surface area contributed by atoms with E-state index in [2.05, 4.69) is 5.32 Å². The molecule has 2 nitrogen and oxygen atoms in total. The zero-order valence-corrected chi connectivity index (χ0v) is 11.3. The number of rotatable bonds is 7. The Kier molecular flexibility index (Phi) is 6.15. The number of hydrogen-bond acceptors (Lipinski definition) is 2. The van der Waals surface area contributed by atoms with Crippen LogP contribution in [0.25, 0.3) is 0 Å². The fourth-order valence-corrected chi connectivity index (χ4v) is 1.76. The summed E-state index contributed by atoms with van der Waals surface area (Å²) in [5.74, 6) is 0.615. The van der Waals surface area contributed by atoms with E-state index in [0.29, 0.717) is 5.75 Å². The smallest absolute Gasteiger partial charge is 0.389 e. The molecule has 0 aliphatic carbocycles. The molecule has 0 saturated carbocycles. The van der Waals surface area contributed by atoms with E-state index in [0.717, 1.165) is 12.1 Å². The van der Waals surface area contributed by atoms with Crippen molar-refractivity contribution in [2.24, 2.45) is 0 Å². The van der Waals surface area contributed by atoms with E-state index in [-0.39, 0.29) is 19.1 Å². The van der Waals surface area contributed by atoms with Crippen molar-refractivity contribution in [2.75, 3.05) is 13.2 Å². The van der Waals surface area contributed by atoms with Gasteiger partial charge < -0.3 is 10.1 Å². The average Bonchev–Trinajstić information content (AvgIpc) is 2.34. The Morgan fingerprint density at radius 1 is 1.32 bits per heavy atom. The highest BCUT2D eigenvalue weighted by atomic mass is 19.4. The molecular weight excluding hydrogens is 255 g/mol. The summed E-state index contributed by atoms with van der Waals surface area (Å²) in [6.07, 6.45) is -4.93. The molecule has 1 unspecified atom stereocenters. The molecule has 0 radical (unpaired) electrons. The molecule has 0 heterocycles. The molecule has 0 aliphatic rings. The molecule has 0 amide bonds. The minimum absolute atomic E-state index is 0.0174. The van der Waals surface area contributed by atoms with Gasteiger partial charge >= 0.3 is 6.18 Å². The van der Waals surface area contributed by atoms with E-state index in [1.165, 1.54) is 0 Å². The zero-order chi connectivity index (χ0) is 14.3. The maximum Gasteiger partial charge on any atom is 0.389 e. The molecule has 1 atom stereocenters. The SMILES string of the molecule is CCNC(C)c1cccc(OCCCC(F)(F)F)c1. The number of alkyl halides is 3. The summed E-state index contributed by atoms with van der Waals surface area (Å²) in [5, 5.41) is 3.27. The van der Waals surface area contributed by atoms with E-state index in [1.54, 1.807) is 6.07 Å². The second kappa shape index (κ2) is 7.38. The molecule has 1 aromatic carbocycles. The molecule has 0 aromatic heterocycles. The van der Waals surface area contributed by atoms with Crippen LogP contribution in [0.5, 0.6) is 5.75 Å². The third-order valence-corrected chi connectivity index (χ3v) is 2.74. The van der Waals surface area contributed by atoms with Gasteiger partial charge in [-0.15, -0.1) is 0 Å². The quantitative estimate of drug-likeness (QED) is 0.757. The Hall–Kier alpha value is -1.23. The van der Waals surface area contributed by atoms with Crippen LogP contribution in [0.4, 0.5) is 13.2 Å². The predicted molar refractivity (Wildman–Crippen MR) is 69.3 cm³/mol. The van der Waals surface area contributed by atoms with Gasteiger partial charge in [0.1, 0.15) is 5.75 Å². The van der Waals surface area contributed by atoms with Crippen molar-refractivity contribution in [3.05, 3.63) is 29.8 Å². The molecular formula is C14H20F3NO. The lowest BCUT2D eigenvalue weighted by atomic mass is 10.1. The van der Waals surface area contributed by atoms with Crippen molar-refractivity contribution in [1.29, 1.82) is 0 Å². The molecule has 19 heavy (non-hydrogen) atoms. The minimum Gasteiger partial charge on any atom is -0.494 e. The van der Waals surface area contributed by atoms with Gasteiger partial charge in [0, 0.05) is 12.5 Å². The van der Waals surface area contributed by atoms with Gasteiger partial charge in [0.2, 0.25) is 0 Å². The molecule has 1 aromatic rings. The third-order valence-electron chi connectivity index (χ3n) is 2.74. The normalized spacial score (nSPS) is 13.3. The van der Waals surface area contributed by atoms with Gasteiger partial charge in [0.15, 0.2) is 0 Å². The van der Waals surface area contributed by atoms with E-state index in [9.17, 15) is 13.2 Å². The largest absolute Gasteiger partial charge is 0.494 e. The molecule has 0 aliphatic heterocycles. The standard InChI is InChI=1S/C14H20F3NO/c1-3-18-11(2)12-6-4-7-13(10-12)19-9-5-8-14(15,16)17/h4,6-7,10-11,18H,3,5,8-9H2,1-2H3.